The highest BCUT2D eigenvalue weighted by Crippen LogP contribution is 2.26. The van der Waals surface area contributed by atoms with E-state index in [-0.39, 0.29) is 0 Å². The first-order chi connectivity index (χ1) is 10.2. The summed E-state index contributed by atoms with van der Waals surface area (Å²) in [6.45, 7) is 9.22. The smallest absolute Gasteiger partial charge is 0.214 e. The number of fused-ring (bicyclic) bond motifs is 1. The molecular weight excluding hydrogens is 286 g/mol. The van der Waals surface area contributed by atoms with Crippen molar-refractivity contribution < 1.29 is 4.74 Å². The van der Waals surface area contributed by atoms with Gasteiger partial charge in [0.15, 0.2) is 0 Å². The Hall–Kier alpha value is -1.18. The quantitative estimate of drug-likeness (QED) is 0.840. The van der Waals surface area contributed by atoms with Gasteiger partial charge in [0.2, 0.25) is 10.1 Å². The van der Waals surface area contributed by atoms with Gasteiger partial charge >= 0.3 is 0 Å². The molecule has 2 aromatic rings. The van der Waals surface area contributed by atoms with Crippen LogP contribution in [-0.4, -0.2) is 65.4 Å². The van der Waals surface area contributed by atoms with Gasteiger partial charge in [0.25, 0.3) is 0 Å². The van der Waals surface area contributed by atoms with Crippen molar-refractivity contribution in [2.24, 2.45) is 0 Å². The molecule has 1 fully saturated rings. The molecule has 116 valence electrons. The average Bonchev–Trinajstić information content (AvgIpc) is 3.02. The van der Waals surface area contributed by atoms with Crippen molar-refractivity contribution in [3.05, 3.63) is 11.9 Å². The summed E-state index contributed by atoms with van der Waals surface area (Å²) in [6, 6.07) is 0.576. The number of aryl methyl sites for hydroxylation is 1. The van der Waals surface area contributed by atoms with Gasteiger partial charge < -0.3 is 9.64 Å². The van der Waals surface area contributed by atoms with Crippen molar-refractivity contribution in [3.8, 4) is 0 Å². The highest BCUT2D eigenvalue weighted by molar-refractivity contribution is 7.20. The summed E-state index contributed by atoms with van der Waals surface area (Å²) in [4.78, 5) is 10.4. The van der Waals surface area contributed by atoms with Crippen LogP contribution in [0.2, 0.25) is 0 Å². The Morgan fingerprint density at radius 3 is 3.00 bits per heavy atom. The third-order valence-corrected chi connectivity index (χ3v) is 5.07. The molecule has 0 saturated carbocycles. The predicted octanol–water partition coefficient (Wildman–Crippen LogP) is 1.65. The number of rotatable bonds is 5. The second-order valence-electron chi connectivity index (χ2n) is 5.53. The van der Waals surface area contributed by atoms with Crippen molar-refractivity contribution in [2.75, 3.05) is 44.8 Å². The van der Waals surface area contributed by atoms with E-state index in [9.17, 15) is 0 Å². The fourth-order valence-electron chi connectivity index (χ4n) is 2.88. The molecule has 7 heteroatoms. The number of aromatic nitrogens is 3. The molecule has 21 heavy (non-hydrogen) atoms. The molecule has 6 nitrogen and oxygen atoms in total. The molecule has 0 N–H and O–H groups in total. The highest BCUT2D eigenvalue weighted by atomic mass is 32.1. The Labute approximate surface area is 129 Å². The van der Waals surface area contributed by atoms with Gasteiger partial charge in [-0.15, -0.1) is 5.10 Å². The van der Waals surface area contributed by atoms with Crippen molar-refractivity contribution in [3.63, 3.8) is 0 Å². The Morgan fingerprint density at radius 1 is 1.43 bits per heavy atom. The van der Waals surface area contributed by atoms with Crippen LogP contribution in [0.25, 0.3) is 4.96 Å². The van der Waals surface area contributed by atoms with E-state index >= 15 is 0 Å². The molecule has 1 saturated heterocycles. The zero-order valence-electron chi connectivity index (χ0n) is 12.9. The van der Waals surface area contributed by atoms with Gasteiger partial charge in [-0.1, -0.05) is 18.3 Å². The van der Waals surface area contributed by atoms with Crippen LogP contribution >= 0.6 is 11.3 Å². The lowest BCUT2D eigenvalue weighted by Gasteiger charge is -2.40. The summed E-state index contributed by atoms with van der Waals surface area (Å²) in [7, 11) is 1.77. The van der Waals surface area contributed by atoms with Crippen LogP contribution < -0.4 is 4.90 Å². The minimum absolute atomic E-state index is 0.576. The lowest BCUT2D eigenvalue weighted by Crippen LogP contribution is -2.53. The molecule has 0 unspecified atom stereocenters. The van der Waals surface area contributed by atoms with Gasteiger partial charge in [0.05, 0.1) is 18.5 Å². The largest absolute Gasteiger partial charge is 0.383 e. The summed E-state index contributed by atoms with van der Waals surface area (Å²) >= 11 is 1.68. The molecule has 0 aliphatic carbocycles. The van der Waals surface area contributed by atoms with Gasteiger partial charge in [-0.2, -0.15) is 0 Å². The first-order valence-electron chi connectivity index (χ1n) is 7.52. The topological polar surface area (TPSA) is 45.9 Å². The van der Waals surface area contributed by atoms with Gasteiger partial charge in [-0.05, 0) is 13.3 Å². The summed E-state index contributed by atoms with van der Waals surface area (Å²) in [5.74, 6) is 0. The fourth-order valence-corrected chi connectivity index (χ4v) is 3.85. The Bertz CT molecular complexity index is 564. The second kappa shape index (κ2) is 6.29. The van der Waals surface area contributed by atoms with Crippen LogP contribution in [0.1, 0.15) is 19.0 Å². The van der Waals surface area contributed by atoms with E-state index in [2.05, 4.69) is 26.8 Å². The number of methoxy groups -OCH3 is 1. The molecule has 1 aliphatic rings. The molecule has 1 atom stereocenters. The molecule has 3 heterocycles. The first kappa shape index (κ1) is 14.7. The molecule has 0 radical (unpaired) electrons. The van der Waals surface area contributed by atoms with Crippen molar-refractivity contribution in [1.82, 2.24) is 19.5 Å². The SMILES string of the molecule is CC[C@@H]1CN(c2nn3cc(C)nc3s2)CCN1CCOC. The van der Waals surface area contributed by atoms with Crippen LogP contribution in [0.3, 0.4) is 0 Å². The summed E-state index contributed by atoms with van der Waals surface area (Å²) in [5.41, 5.74) is 1.02. The predicted molar refractivity (Wildman–Crippen MR) is 85.3 cm³/mol. The molecule has 0 bridgehead atoms. The molecule has 0 aromatic carbocycles. The lowest BCUT2D eigenvalue weighted by molar-refractivity contribution is 0.109. The lowest BCUT2D eigenvalue weighted by atomic mass is 10.1. The number of piperazine rings is 1. The first-order valence-corrected chi connectivity index (χ1v) is 8.33. The van der Waals surface area contributed by atoms with E-state index in [0.29, 0.717) is 6.04 Å². The van der Waals surface area contributed by atoms with Crippen molar-refractivity contribution in [2.45, 2.75) is 26.3 Å². The third kappa shape index (κ3) is 3.04. The highest BCUT2D eigenvalue weighted by Gasteiger charge is 2.27. The second-order valence-corrected chi connectivity index (χ2v) is 6.47. The number of hydrogen-bond acceptors (Lipinski definition) is 6. The number of hydrogen-bond donors (Lipinski definition) is 0. The zero-order chi connectivity index (χ0) is 14.8. The van der Waals surface area contributed by atoms with Crippen LogP contribution in [0, 0.1) is 6.92 Å². The van der Waals surface area contributed by atoms with E-state index in [1.807, 2.05) is 17.6 Å². The van der Waals surface area contributed by atoms with Crippen LogP contribution in [-0.2, 0) is 4.74 Å². The van der Waals surface area contributed by atoms with E-state index in [1.54, 1.807) is 18.4 Å². The number of imidazole rings is 1. The Balaban J connectivity index is 1.70. The standard InChI is InChI=1S/C14H23N5OS/c1-4-12-10-18(6-5-17(12)7-8-20-3)14-16-19-9-11(2)15-13(19)21-14/h9,12H,4-8,10H2,1-3H3/t12-/m1/s1. The van der Waals surface area contributed by atoms with Crippen molar-refractivity contribution >= 4 is 21.4 Å². The average molecular weight is 309 g/mol. The number of nitrogens with zero attached hydrogens (tertiary/aromatic N) is 5. The third-order valence-electron chi connectivity index (χ3n) is 4.08. The molecule has 2 aromatic heterocycles. The van der Waals surface area contributed by atoms with Gasteiger partial charge in [0, 0.05) is 39.3 Å². The summed E-state index contributed by atoms with van der Waals surface area (Å²) in [5, 5.41) is 5.75. The van der Waals surface area contributed by atoms with E-state index in [0.717, 1.165) is 55.0 Å². The van der Waals surface area contributed by atoms with Crippen LogP contribution in [0.15, 0.2) is 6.20 Å². The normalized spacial score (nSPS) is 20.5. The van der Waals surface area contributed by atoms with Gasteiger partial charge in [-0.3, -0.25) is 4.90 Å². The number of anilines is 1. The molecular formula is C14H23N5OS. The monoisotopic (exact) mass is 309 g/mol. The maximum Gasteiger partial charge on any atom is 0.214 e. The van der Waals surface area contributed by atoms with E-state index < -0.39 is 0 Å². The van der Waals surface area contributed by atoms with E-state index in [1.165, 1.54) is 0 Å². The molecule has 0 amide bonds. The maximum atomic E-state index is 5.21. The van der Waals surface area contributed by atoms with Gasteiger partial charge in [0.1, 0.15) is 0 Å². The molecule has 3 rings (SSSR count). The van der Waals surface area contributed by atoms with E-state index in [4.69, 9.17) is 4.74 Å². The maximum absolute atomic E-state index is 5.21. The fraction of sp³-hybridized carbons (Fsp3) is 0.714. The van der Waals surface area contributed by atoms with Crippen LogP contribution in [0.4, 0.5) is 5.13 Å². The summed E-state index contributed by atoms with van der Waals surface area (Å²) in [6.07, 6.45) is 3.14. The minimum atomic E-state index is 0.576. The van der Waals surface area contributed by atoms with Crippen LogP contribution in [0.5, 0.6) is 0 Å². The Kier molecular flexibility index (Phi) is 4.42. The Morgan fingerprint density at radius 2 is 2.29 bits per heavy atom. The molecule has 0 spiro atoms. The minimum Gasteiger partial charge on any atom is -0.383 e. The zero-order valence-corrected chi connectivity index (χ0v) is 13.8. The summed E-state index contributed by atoms with van der Waals surface area (Å²) < 4.78 is 7.11. The molecule has 1 aliphatic heterocycles. The number of ether oxygens (including phenoxy) is 1. The van der Waals surface area contributed by atoms with Crippen molar-refractivity contribution in [1.29, 1.82) is 0 Å². The van der Waals surface area contributed by atoms with Gasteiger partial charge in [-0.25, -0.2) is 9.50 Å².